The number of nitro groups is 1. The minimum absolute atomic E-state index is 0.104. The lowest BCUT2D eigenvalue weighted by Gasteiger charge is -2.36. The number of rotatable bonds is 6. The summed E-state index contributed by atoms with van der Waals surface area (Å²) in [4.78, 5) is 30.3. The topological polar surface area (TPSA) is 69.9 Å². The predicted molar refractivity (Wildman–Crippen MR) is 107 cm³/mol. The Labute approximate surface area is 163 Å². The predicted octanol–water partition coefficient (Wildman–Crippen LogP) is 2.75. The summed E-state index contributed by atoms with van der Waals surface area (Å²) in [6, 6.07) is 8.72. The summed E-state index contributed by atoms with van der Waals surface area (Å²) in [6.07, 6.45) is 0. The maximum Gasteiger partial charge on any atom is 0.269 e. The summed E-state index contributed by atoms with van der Waals surface area (Å²) in [6.45, 7) is 6.36. The van der Waals surface area contributed by atoms with Crippen LogP contribution in [0.25, 0.3) is 0 Å². The monoisotopic (exact) mass is 388 g/mol. The van der Waals surface area contributed by atoms with E-state index >= 15 is 0 Å². The van der Waals surface area contributed by atoms with Crippen LogP contribution in [0, 0.1) is 17.0 Å². The second-order valence-electron chi connectivity index (χ2n) is 6.81. The number of thiophene rings is 1. The number of aryl methyl sites for hydroxylation is 1. The van der Waals surface area contributed by atoms with Crippen LogP contribution in [0.4, 0.5) is 11.4 Å². The molecule has 1 aliphatic heterocycles. The van der Waals surface area contributed by atoms with Gasteiger partial charge in [-0.2, -0.15) is 0 Å². The van der Waals surface area contributed by atoms with Crippen molar-refractivity contribution in [1.29, 1.82) is 0 Å². The third-order valence-corrected chi connectivity index (χ3v) is 5.94. The van der Waals surface area contributed by atoms with Gasteiger partial charge in [0.05, 0.1) is 18.0 Å². The lowest BCUT2D eigenvalue weighted by molar-refractivity contribution is -0.384. The molecule has 1 aromatic heterocycles. The Morgan fingerprint density at radius 1 is 1.19 bits per heavy atom. The molecule has 1 aromatic carbocycles. The average Bonchev–Trinajstić information content (AvgIpc) is 3.07. The smallest absolute Gasteiger partial charge is 0.269 e. The molecule has 1 saturated heterocycles. The van der Waals surface area contributed by atoms with Gasteiger partial charge in [0, 0.05) is 55.9 Å². The first-order valence-electron chi connectivity index (χ1n) is 8.92. The highest BCUT2D eigenvalue weighted by atomic mass is 32.1. The number of nitrogens with zero attached hydrogens (tertiary/aromatic N) is 4. The van der Waals surface area contributed by atoms with Gasteiger partial charge in [0.15, 0.2) is 0 Å². The lowest BCUT2D eigenvalue weighted by atomic mass is 10.2. The molecule has 3 rings (SSSR count). The zero-order valence-corrected chi connectivity index (χ0v) is 16.4. The van der Waals surface area contributed by atoms with Crippen LogP contribution in [-0.4, -0.2) is 60.4 Å². The van der Waals surface area contributed by atoms with E-state index in [-0.39, 0.29) is 16.5 Å². The SMILES string of the molecule is Cc1ccsc1CN(C)C(=O)CN1CCN(c2ccc([N+](=O)[O-])cc2)CC1. The van der Waals surface area contributed by atoms with Crippen molar-refractivity contribution in [2.45, 2.75) is 13.5 Å². The van der Waals surface area contributed by atoms with Crippen molar-refractivity contribution in [3.05, 3.63) is 56.3 Å². The van der Waals surface area contributed by atoms with Crippen LogP contribution in [0.2, 0.25) is 0 Å². The van der Waals surface area contributed by atoms with Gasteiger partial charge in [-0.25, -0.2) is 0 Å². The average molecular weight is 388 g/mol. The Bertz CT molecular complexity index is 798. The van der Waals surface area contributed by atoms with Crippen molar-refractivity contribution >= 4 is 28.6 Å². The molecule has 0 spiro atoms. The van der Waals surface area contributed by atoms with E-state index in [2.05, 4.69) is 28.2 Å². The van der Waals surface area contributed by atoms with Crippen LogP contribution in [0.1, 0.15) is 10.4 Å². The van der Waals surface area contributed by atoms with Gasteiger partial charge in [-0.3, -0.25) is 19.8 Å². The summed E-state index contributed by atoms with van der Waals surface area (Å²) >= 11 is 1.69. The van der Waals surface area contributed by atoms with Crippen molar-refractivity contribution in [2.75, 3.05) is 44.7 Å². The lowest BCUT2D eigenvalue weighted by Crippen LogP contribution is -2.49. The van der Waals surface area contributed by atoms with E-state index in [1.54, 1.807) is 28.4 Å². The molecule has 7 nitrogen and oxygen atoms in total. The molecule has 0 N–H and O–H groups in total. The van der Waals surface area contributed by atoms with Crippen molar-refractivity contribution in [1.82, 2.24) is 9.80 Å². The Hall–Kier alpha value is -2.45. The molecular formula is C19H24N4O3S. The first-order valence-corrected chi connectivity index (χ1v) is 9.80. The standard InChI is InChI=1S/C19H24N4O3S/c1-15-7-12-27-18(15)13-20(2)19(24)14-21-8-10-22(11-9-21)16-3-5-17(6-4-16)23(25)26/h3-7,12H,8-11,13-14H2,1-2H3. The van der Waals surface area contributed by atoms with Crippen LogP contribution >= 0.6 is 11.3 Å². The summed E-state index contributed by atoms with van der Waals surface area (Å²) in [5.41, 5.74) is 2.32. The highest BCUT2D eigenvalue weighted by Crippen LogP contribution is 2.21. The van der Waals surface area contributed by atoms with Crippen molar-refractivity contribution in [2.24, 2.45) is 0 Å². The third kappa shape index (κ3) is 4.84. The number of amides is 1. The van der Waals surface area contributed by atoms with Crippen LogP contribution in [0.3, 0.4) is 0 Å². The molecule has 0 atom stereocenters. The van der Waals surface area contributed by atoms with Crippen LogP contribution < -0.4 is 4.90 Å². The Kier molecular flexibility index (Phi) is 6.08. The molecule has 0 saturated carbocycles. The fourth-order valence-corrected chi connectivity index (χ4v) is 4.09. The number of piperazine rings is 1. The van der Waals surface area contributed by atoms with Gasteiger partial charge in [0.2, 0.25) is 5.91 Å². The number of non-ortho nitro benzene ring substituents is 1. The summed E-state index contributed by atoms with van der Waals surface area (Å²) in [5.74, 6) is 0.131. The van der Waals surface area contributed by atoms with Gasteiger partial charge in [-0.1, -0.05) is 0 Å². The highest BCUT2D eigenvalue weighted by molar-refractivity contribution is 7.10. The highest BCUT2D eigenvalue weighted by Gasteiger charge is 2.21. The van der Waals surface area contributed by atoms with E-state index in [0.717, 1.165) is 31.9 Å². The van der Waals surface area contributed by atoms with E-state index < -0.39 is 0 Å². The largest absolute Gasteiger partial charge is 0.369 e. The van der Waals surface area contributed by atoms with Gasteiger partial charge in [-0.15, -0.1) is 11.3 Å². The van der Waals surface area contributed by atoms with Gasteiger partial charge in [0.1, 0.15) is 0 Å². The van der Waals surface area contributed by atoms with E-state index in [4.69, 9.17) is 0 Å². The van der Waals surface area contributed by atoms with Gasteiger partial charge in [-0.05, 0) is 36.1 Å². The molecule has 1 aliphatic rings. The minimum atomic E-state index is -0.387. The van der Waals surface area contributed by atoms with Crippen molar-refractivity contribution in [3.8, 4) is 0 Å². The normalized spacial score (nSPS) is 15.0. The number of hydrogen-bond acceptors (Lipinski definition) is 6. The minimum Gasteiger partial charge on any atom is -0.369 e. The van der Waals surface area contributed by atoms with Gasteiger partial charge < -0.3 is 9.80 Å². The summed E-state index contributed by atoms with van der Waals surface area (Å²) < 4.78 is 0. The maximum absolute atomic E-state index is 12.5. The maximum atomic E-state index is 12.5. The van der Waals surface area contributed by atoms with E-state index in [9.17, 15) is 14.9 Å². The molecular weight excluding hydrogens is 364 g/mol. The molecule has 2 heterocycles. The second kappa shape index (κ2) is 8.49. The molecule has 0 aliphatic carbocycles. The zero-order valence-electron chi connectivity index (χ0n) is 15.6. The molecule has 144 valence electrons. The Morgan fingerprint density at radius 2 is 1.85 bits per heavy atom. The van der Waals surface area contributed by atoms with Crippen LogP contribution in [0.15, 0.2) is 35.7 Å². The molecule has 2 aromatic rings. The molecule has 0 radical (unpaired) electrons. The zero-order chi connectivity index (χ0) is 19.4. The number of carbonyl (C=O) groups excluding carboxylic acids is 1. The number of benzene rings is 1. The molecule has 27 heavy (non-hydrogen) atoms. The van der Waals surface area contributed by atoms with Crippen LogP contribution in [-0.2, 0) is 11.3 Å². The fraction of sp³-hybridized carbons (Fsp3) is 0.421. The van der Waals surface area contributed by atoms with E-state index in [1.165, 1.54) is 22.6 Å². The molecule has 1 fully saturated rings. The van der Waals surface area contributed by atoms with Gasteiger partial charge >= 0.3 is 0 Å². The van der Waals surface area contributed by atoms with E-state index in [1.807, 2.05) is 7.05 Å². The molecule has 1 amide bonds. The number of likely N-dealkylation sites (N-methyl/N-ethyl adjacent to an activating group) is 1. The quantitative estimate of drug-likeness (QED) is 0.562. The number of nitro benzene ring substituents is 1. The number of hydrogen-bond donors (Lipinski definition) is 0. The van der Waals surface area contributed by atoms with Crippen molar-refractivity contribution < 1.29 is 9.72 Å². The summed E-state index contributed by atoms with van der Waals surface area (Å²) in [7, 11) is 1.86. The molecule has 0 bridgehead atoms. The van der Waals surface area contributed by atoms with E-state index in [0.29, 0.717) is 13.1 Å². The number of carbonyl (C=O) groups is 1. The fourth-order valence-electron chi connectivity index (χ4n) is 3.13. The van der Waals surface area contributed by atoms with Crippen LogP contribution in [0.5, 0.6) is 0 Å². The third-order valence-electron chi connectivity index (χ3n) is 4.93. The first-order chi connectivity index (χ1) is 12.9. The first kappa shape index (κ1) is 19.3. The molecule has 8 heteroatoms. The summed E-state index contributed by atoms with van der Waals surface area (Å²) in [5, 5.41) is 12.8. The Balaban J connectivity index is 1.48. The molecule has 0 unspecified atom stereocenters. The number of anilines is 1. The second-order valence-corrected chi connectivity index (χ2v) is 7.81. The Morgan fingerprint density at radius 3 is 2.41 bits per heavy atom. The van der Waals surface area contributed by atoms with Crippen molar-refractivity contribution in [3.63, 3.8) is 0 Å². The van der Waals surface area contributed by atoms with Gasteiger partial charge in [0.25, 0.3) is 5.69 Å².